The lowest BCUT2D eigenvalue weighted by Gasteiger charge is -2.26. The van der Waals surface area contributed by atoms with Gasteiger partial charge in [0.1, 0.15) is 17.2 Å². The molecule has 1 aliphatic heterocycles. The van der Waals surface area contributed by atoms with Gasteiger partial charge in [0.25, 0.3) is 5.91 Å². The SMILES string of the molecule is COc1ccc(OC)c(-c2nn(-c3ccccc3)cc2C(=O)N2CCCCC2)c1. The van der Waals surface area contributed by atoms with Crippen LogP contribution in [0.25, 0.3) is 16.9 Å². The van der Waals surface area contributed by atoms with Crippen molar-refractivity contribution < 1.29 is 14.3 Å². The van der Waals surface area contributed by atoms with Gasteiger partial charge in [0.2, 0.25) is 0 Å². The molecule has 2 aromatic carbocycles. The second-order valence-electron chi connectivity index (χ2n) is 7.09. The molecule has 0 N–H and O–H groups in total. The molecule has 6 heteroatoms. The first-order valence-corrected chi connectivity index (χ1v) is 9.88. The Morgan fingerprint density at radius 2 is 1.72 bits per heavy atom. The number of nitrogens with zero attached hydrogens (tertiary/aromatic N) is 3. The first-order valence-electron chi connectivity index (χ1n) is 9.88. The number of likely N-dealkylation sites (tertiary alicyclic amines) is 1. The van der Waals surface area contributed by atoms with Gasteiger partial charge in [-0.25, -0.2) is 4.68 Å². The molecule has 0 radical (unpaired) electrons. The maximum Gasteiger partial charge on any atom is 0.257 e. The summed E-state index contributed by atoms with van der Waals surface area (Å²) in [6.07, 6.45) is 5.07. The summed E-state index contributed by atoms with van der Waals surface area (Å²) in [6, 6.07) is 15.3. The van der Waals surface area contributed by atoms with Crippen molar-refractivity contribution >= 4 is 5.91 Å². The van der Waals surface area contributed by atoms with E-state index < -0.39 is 0 Å². The molecule has 3 aromatic rings. The molecule has 4 rings (SSSR count). The van der Waals surface area contributed by atoms with Gasteiger partial charge in [-0.05, 0) is 49.6 Å². The van der Waals surface area contributed by atoms with Crippen LogP contribution in [0.4, 0.5) is 0 Å². The number of para-hydroxylation sites is 1. The Balaban J connectivity index is 1.85. The predicted molar refractivity (Wildman–Crippen MR) is 112 cm³/mol. The Morgan fingerprint density at radius 3 is 2.41 bits per heavy atom. The second kappa shape index (κ2) is 8.39. The molecule has 150 valence electrons. The van der Waals surface area contributed by atoms with E-state index in [4.69, 9.17) is 14.6 Å². The van der Waals surface area contributed by atoms with Crippen LogP contribution in [-0.2, 0) is 0 Å². The number of amides is 1. The van der Waals surface area contributed by atoms with Crippen LogP contribution < -0.4 is 9.47 Å². The summed E-state index contributed by atoms with van der Waals surface area (Å²) in [5.41, 5.74) is 2.80. The number of carbonyl (C=O) groups excluding carboxylic acids is 1. The van der Waals surface area contributed by atoms with Crippen molar-refractivity contribution in [3.05, 3.63) is 60.3 Å². The zero-order chi connectivity index (χ0) is 20.2. The third-order valence-corrected chi connectivity index (χ3v) is 5.27. The van der Waals surface area contributed by atoms with Gasteiger partial charge in [-0.15, -0.1) is 0 Å². The average molecular weight is 391 g/mol. The summed E-state index contributed by atoms with van der Waals surface area (Å²) < 4.78 is 12.7. The molecule has 2 heterocycles. The first kappa shape index (κ1) is 19.1. The number of ether oxygens (including phenoxy) is 2. The highest BCUT2D eigenvalue weighted by Crippen LogP contribution is 2.35. The Hall–Kier alpha value is -3.28. The number of methoxy groups -OCH3 is 2. The minimum Gasteiger partial charge on any atom is -0.497 e. The normalized spacial score (nSPS) is 13.9. The monoisotopic (exact) mass is 391 g/mol. The number of rotatable bonds is 5. The van der Waals surface area contributed by atoms with Gasteiger partial charge in [0.05, 0.1) is 25.5 Å². The Morgan fingerprint density at radius 1 is 0.966 bits per heavy atom. The lowest BCUT2D eigenvalue weighted by atomic mass is 10.0. The predicted octanol–water partition coefficient (Wildman–Crippen LogP) is 4.18. The maximum absolute atomic E-state index is 13.4. The minimum atomic E-state index is 0.00625. The third kappa shape index (κ3) is 3.83. The van der Waals surface area contributed by atoms with Gasteiger partial charge in [0.15, 0.2) is 0 Å². The molecule has 6 nitrogen and oxygen atoms in total. The van der Waals surface area contributed by atoms with Crippen LogP contribution >= 0.6 is 0 Å². The van der Waals surface area contributed by atoms with Crippen molar-refractivity contribution in [1.29, 1.82) is 0 Å². The number of aromatic nitrogens is 2. The van der Waals surface area contributed by atoms with Crippen LogP contribution in [0.3, 0.4) is 0 Å². The fourth-order valence-electron chi connectivity index (χ4n) is 3.71. The lowest BCUT2D eigenvalue weighted by Crippen LogP contribution is -2.35. The Kier molecular flexibility index (Phi) is 5.51. The van der Waals surface area contributed by atoms with E-state index >= 15 is 0 Å². The molecule has 0 aliphatic carbocycles. The van der Waals surface area contributed by atoms with Gasteiger partial charge in [-0.2, -0.15) is 5.10 Å². The Labute approximate surface area is 170 Å². The molecule has 29 heavy (non-hydrogen) atoms. The highest BCUT2D eigenvalue weighted by atomic mass is 16.5. The maximum atomic E-state index is 13.4. The quantitative estimate of drug-likeness (QED) is 0.655. The van der Waals surface area contributed by atoms with E-state index in [1.54, 1.807) is 18.9 Å². The van der Waals surface area contributed by atoms with E-state index in [2.05, 4.69) is 0 Å². The molecule has 1 aliphatic rings. The molecule has 1 amide bonds. The van der Waals surface area contributed by atoms with E-state index in [1.165, 1.54) is 6.42 Å². The first-order chi connectivity index (χ1) is 14.2. The van der Waals surface area contributed by atoms with Crippen molar-refractivity contribution in [3.63, 3.8) is 0 Å². The van der Waals surface area contributed by atoms with E-state index in [1.807, 2.05) is 59.6 Å². The van der Waals surface area contributed by atoms with Gasteiger partial charge in [-0.1, -0.05) is 18.2 Å². The highest BCUT2D eigenvalue weighted by molar-refractivity contribution is 6.00. The zero-order valence-electron chi connectivity index (χ0n) is 16.8. The van der Waals surface area contributed by atoms with Crippen molar-refractivity contribution in [1.82, 2.24) is 14.7 Å². The molecular weight excluding hydrogens is 366 g/mol. The van der Waals surface area contributed by atoms with Crippen molar-refractivity contribution in [2.24, 2.45) is 0 Å². The molecule has 0 atom stereocenters. The van der Waals surface area contributed by atoms with Crippen molar-refractivity contribution in [3.8, 4) is 28.4 Å². The summed E-state index contributed by atoms with van der Waals surface area (Å²) in [4.78, 5) is 15.3. The molecule has 0 saturated carbocycles. The number of benzene rings is 2. The molecule has 1 saturated heterocycles. The lowest BCUT2D eigenvalue weighted by molar-refractivity contribution is 0.0725. The molecule has 0 spiro atoms. The number of carbonyl (C=O) groups is 1. The van der Waals surface area contributed by atoms with Crippen LogP contribution in [-0.4, -0.2) is 47.9 Å². The highest BCUT2D eigenvalue weighted by Gasteiger charge is 2.26. The van der Waals surface area contributed by atoms with Crippen LogP contribution in [0.2, 0.25) is 0 Å². The van der Waals surface area contributed by atoms with E-state index in [-0.39, 0.29) is 5.91 Å². The summed E-state index contributed by atoms with van der Waals surface area (Å²) in [7, 11) is 3.24. The van der Waals surface area contributed by atoms with Gasteiger partial charge >= 0.3 is 0 Å². The molecular formula is C23H25N3O3. The summed E-state index contributed by atoms with van der Waals surface area (Å²) in [5.74, 6) is 1.34. The topological polar surface area (TPSA) is 56.6 Å². The standard InChI is InChI=1S/C23H25N3O3/c1-28-18-11-12-21(29-2)19(15-18)22-20(23(27)25-13-7-4-8-14-25)16-26(24-22)17-9-5-3-6-10-17/h3,5-6,9-12,15-16H,4,7-8,13-14H2,1-2H3. The fraction of sp³-hybridized carbons (Fsp3) is 0.304. The number of hydrogen-bond acceptors (Lipinski definition) is 4. The summed E-state index contributed by atoms with van der Waals surface area (Å²) >= 11 is 0. The van der Waals surface area contributed by atoms with Crippen molar-refractivity contribution in [2.75, 3.05) is 27.3 Å². The zero-order valence-corrected chi connectivity index (χ0v) is 16.8. The molecule has 1 fully saturated rings. The molecule has 0 bridgehead atoms. The van der Waals surface area contributed by atoms with Crippen LogP contribution in [0, 0.1) is 0 Å². The fourth-order valence-corrected chi connectivity index (χ4v) is 3.71. The van der Waals surface area contributed by atoms with Crippen LogP contribution in [0.5, 0.6) is 11.5 Å². The smallest absolute Gasteiger partial charge is 0.257 e. The minimum absolute atomic E-state index is 0.00625. The van der Waals surface area contributed by atoms with Gasteiger partial charge < -0.3 is 14.4 Å². The molecule has 0 unspecified atom stereocenters. The molecule has 1 aromatic heterocycles. The Bertz CT molecular complexity index is 992. The third-order valence-electron chi connectivity index (χ3n) is 5.27. The van der Waals surface area contributed by atoms with E-state index in [9.17, 15) is 4.79 Å². The van der Waals surface area contributed by atoms with Crippen LogP contribution in [0.1, 0.15) is 29.6 Å². The van der Waals surface area contributed by atoms with E-state index in [0.29, 0.717) is 22.8 Å². The average Bonchev–Trinajstić information content (AvgIpc) is 3.24. The van der Waals surface area contributed by atoms with Gasteiger partial charge in [-0.3, -0.25) is 4.79 Å². The van der Waals surface area contributed by atoms with Gasteiger partial charge in [0, 0.05) is 24.8 Å². The van der Waals surface area contributed by atoms with E-state index in [0.717, 1.165) is 37.2 Å². The summed E-state index contributed by atoms with van der Waals surface area (Å²) in [5, 5.41) is 4.78. The number of hydrogen-bond donors (Lipinski definition) is 0. The van der Waals surface area contributed by atoms with Crippen LogP contribution in [0.15, 0.2) is 54.7 Å². The van der Waals surface area contributed by atoms with Crippen molar-refractivity contribution in [2.45, 2.75) is 19.3 Å². The number of piperidine rings is 1. The summed E-state index contributed by atoms with van der Waals surface area (Å²) in [6.45, 7) is 1.56. The second-order valence-corrected chi connectivity index (χ2v) is 7.09. The largest absolute Gasteiger partial charge is 0.497 e.